The van der Waals surface area contributed by atoms with Crippen molar-refractivity contribution in [3.8, 4) is 11.5 Å². The summed E-state index contributed by atoms with van der Waals surface area (Å²) >= 11 is 5.81. The lowest BCUT2D eigenvalue weighted by Crippen LogP contribution is -2.08. The molecule has 0 atom stereocenters. The highest BCUT2D eigenvalue weighted by Gasteiger charge is 2.17. The van der Waals surface area contributed by atoms with Crippen LogP contribution in [0.5, 0.6) is 11.5 Å². The molecule has 3 aromatic carbocycles. The summed E-state index contributed by atoms with van der Waals surface area (Å²) in [7, 11) is 0. The van der Waals surface area contributed by atoms with E-state index in [1.807, 2.05) is 26.0 Å². The average molecular weight is 480 g/mol. The molecular formula is C25H18ClNO7. The fourth-order valence-corrected chi connectivity index (χ4v) is 3.54. The molecule has 0 aliphatic carbocycles. The Bertz CT molecular complexity index is 1480. The summed E-state index contributed by atoms with van der Waals surface area (Å²) < 4.78 is 16.3. The van der Waals surface area contributed by atoms with Crippen LogP contribution in [0, 0.1) is 24.0 Å². The largest absolute Gasteiger partial charge is 0.457 e. The predicted octanol–water partition coefficient (Wildman–Crippen LogP) is 6.12. The van der Waals surface area contributed by atoms with Gasteiger partial charge in [0.25, 0.3) is 0 Å². The molecule has 172 valence electrons. The predicted molar refractivity (Wildman–Crippen MR) is 126 cm³/mol. The van der Waals surface area contributed by atoms with Crippen molar-refractivity contribution in [3.63, 3.8) is 0 Å². The van der Waals surface area contributed by atoms with Crippen LogP contribution in [0.4, 0.5) is 5.69 Å². The Morgan fingerprint density at radius 2 is 1.79 bits per heavy atom. The third-order valence-corrected chi connectivity index (χ3v) is 5.55. The zero-order chi connectivity index (χ0) is 24.4. The van der Waals surface area contributed by atoms with E-state index in [-0.39, 0.29) is 28.6 Å². The molecule has 0 bridgehead atoms. The minimum atomic E-state index is -0.603. The first-order chi connectivity index (χ1) is 16.2. The van der Waals surface area contributed by atoms with E-state index in [4.69, 9.17) is 25.5 Å². The number of nitrogens with zero attached hydrogens (tertiary/aromatic N) is 1. The average Bonchev–Trinajstić information content (AvgIpc) is 2.81. The normalized spacial score (nSPS) is 10.8. The van der Waals surface area contributed by atoms with Crippen molar-refractivity contribution in [2.24, 2.45) is 0 Å². The number of nitro benzene ring substituents is 1. The molecule has 4 rings (SSSR count). The first kappa shape index (κ1) is 23.0. The van der Waals surface area contributed by atoms with Crippen LogP contribution in [0.3, 0.4) is 0 Å². The number of hydrogen-bond donors (Lipinski definition) is 0. The Kier molecular flexibility index (Phi) is 6.34. The highest BCUT2D eigenvalue weighted by molar-refractivity contribution is 6.30. The molecule has 1 aromatic heterocycles. The van der Waals surface area contributed by atoms with Crippen molar-refractivity contribution < 1.29 is 23.6 Å². The van der Waals surface area contributed by atoms with Crippen molar-refractivity contribution >= 4 is 34.2 Å². The van der Waals surface area contributed by atoms with E-state index < -0.39 is 16.5 Å². The second-order valence-corrected chi connectivity index (χ2v) is 7.98. The van der Waals surface area contributed by atoms with Gasteiger partial charge in [-0.1, -0.05) is 23.7 Å². The van der Waals surface area contributed by atoms with Gasteiger partial charge in [0.1, 0.15) is 17.9 Å². The fraction of sp³-hybridized carbons (Fsp3) is 0.120. The number of ether oxygens (including phenoxy) is 2. The van der Waals surface area contributed by atoms with Gasteiger partial charge >= 0.3 is 17.3 Å². The molecule has 0 fully saturated rings. The van der Waals surface area contributed by atoms with Gasteiger partial charge in [0.2, 0.25) is 5.75 Å². The van der Waals surface area contributed by atoms with E-state index in [0.29, 0.717) is 22.3 Å². The maximum Gasteiger partial charge on any atom is 0.338 e. The van der Waals surface area contributed by atoms with E-state index >= 15 is 0 Å². The minimum absolute atomic E-state index is 0.0186. The highest BCUT2D eigenvalue weighted by Crippen LogP contribution is 2.33. The van der Waals surface area contributed by atoms with Gasteiger partial charge in [-0.15, -0.1) is 0 Å². The molecule has 4 aromatic rings. The summed E-state index contributed by atoms with van der Waals surface area (Å²) in [5.41, 5.74) is 2.28. The van der Waals surface area contributed by atoms with Crippen LogP contribution < -0.4 is 10.4 Å². The lowest BCUT2D eigenvalue weighted by Gasteiger charge is -2.10. The van der Waals surface area contributed by atoms with E-state index in [1.165, 1.54) is 48.5 Å². The number of esters is 1. The number of halogens is 1. The number of benzene rings is 3. The molecule has 0 unspecified atom stereocenters. The lowest BCUT2D eigenvalue weighted by molar-refractivity contribution is -0.385. The molecule has 0 radical (unpaired) electrons. The third kappa shape index (κ3) is 4.77. The zero-order valence-electron chi connectivity index (χ0n) is 18.2. The molecule has 0 N–H and O–H groups in total. The number of rotatable bonds is 6. The summed E-state index contributed by atoms with van der Waals surface area (Å²) in [5, 5.41) is 12.1. The first-order valence-electron chi connectivity index (χ1n) is 10.1. The number of aryl methyl sites for hydroxylation is 2. The molecule has 0 aliphatic rings. The van der Waals surface area contributed by atoms with E-state index in [9.17, 15) is 19.7 Å². The van der Waals surface area contributed by atoms with Crippen LogP contribution in [-0.4, -0.2) is 10.9 Å². The quantitative estimate of drug-likeness (QED) is 0.142. The lowest BCUT2D eigenvalue weighted by atomic mass is 10.0. The molecule has 1 heterocycles. The second kappa shape index (κ2) is 9.36. The first-order valence-corrected chi connectivity index (χ1v) is 10.5. The van der Waals surface area contributed by atoms with Gasteiger partial charge in [0, 0.05) is 28.1 Å². The Labute approximate surface area is 198 Å². The van der Waals surface area contributed by atoms with Gasteiger partial charge in [-0.3, -0.25) is 10.1 Å². The van der Waals surface area contributed by atoms with Crippen molar-refractivity contribution in [3.05, 3.63) is 108 Å². The van der Waals surface area contributed by atoms with Crippen molar-refractivity contribution in [1.29, 1.82) is 0 Å². The molecule has 8 nitrogen and oxygen atoms in total. The summed E-state index contributed by atoms with van der Waals surface area (Å²) in [6.07, 6.45) is 0. The SMILES string of the molecule is Cc1ccc2c(COC(=O)c3ccc(Oc4ccc(Cl)cc4[N+](=O)[O-])cc3)cc(=O)oc2c1C. The maximum absolute atomic E-state index is 12.5. The van der Waals surface area contributed by atoms with Crippen molar-refractivity contribution in [2.75, 3.05) is 0 Å². The van der Waals surface area contributed by atoms with Gasteiger partial charge < -0.3 is 13.9 Å². The summed E-state index contributed by atoms with van der Waals surface area (Å²) in [5.74, 6) is -0.293. The topological polar surface area (TPSA) is 109 Å². The molecule has 0 aliphatic heterocycles. The number of nitro groups is 1. The van der Waals surface area contributed by atoms with Crippen LogP contribution in [-0.2, 0) is 11.3 Å². The Hall–Kier alpha value is -4.17. The van der Waals surface area contributed by atoms with E-state index in [0.717, 1.165) is 11.1 Å². The Balaban J connectivity index is 1.49. The maximum atomic E-state index is 12.5. The van der Waals surface area contributed by atoms with Crippen LogP contribution in [0.1, 0.15) is 27.0 Å². The molecular weight excluding hydrogens is 462 g/mol. The number of carbonyl (C=O) groups excluding carboxylic acids is 1. The van der Waals surface area contributed by atoms with Gasteiger partial charge in [0.05, 0.1) is 10.5 Å². The van der Waals surface area contributed by atoms with Crippen LogP contribution in [0.2, 0.25) is 5.02 Å². The Morgan fingerprint density at radius 3 is 2.50 bits per heavy atom. The van der Waals surface area contributed by atoms with Gasteiger partial charge in [0.15, 0.2) is 0 Å². The van der Waals surface area contributed by atoms with Gasteiger partial charge in [-0.2, -0.15) is 0 Å². The van der Waals surface area contributed by atoms with Crippen LogP contribution in [0.15, 0.2) is 69.9 Å². The van der Waals surface area contributed by atoms with Crippen LogP contribution in [0.25, 0.3) is 11.0 Å². The van der Waals surface area contributed by atoms with E-state index in [1.54, 1.807) is 0 Å². The van der Waals surface area contributed by atoms with E-state index in [2.05, 4.69) is 0 Å². The van der Waals surface area contributed by atoms with Crippen LogP contribution >= 0.6 is 11.6 Å². The van der Waals surface area contributed by atoms with Crippen molar-refractivity contribution in [2.45, 2.75) is 20.5 Å². The van der Waals surface area contributed by atoms with Gasteiger partial charge in [-0.25, -0.2) is 9.59 Å². The number of hydrogen-bond acceptors (Lipinski definition) is 7. The molecule has 9 heteroatoms. The molecule has 0 spiro atoms. The zero-order valence-corrected chi connectivity index (χ0v) is 18.9. The summed E-state index contributed by atoms with van der Waals surface area (Å²) in [6, 6.07) is 15.0. The number of fused-ring (bicyclic) bond motifs is 1. The fourth-order valence-electron chi connectivity index (χ4n) is 3.38. The van der Waals surface area contributed by atoms with Gasteiger partial charge in [-0.05, 0) is 61.4 Å². The standard InChI is InChI=1S/C25H18ClNO7/c1-14-3-9-20-17(11-23(28)34-24(20)15(14)2)13-32-25(29)16-4-7-19(8-5-16)33-22-10-6-18(26)12-21(22)27(30)31/h3-12H,13H2,1-2H3. The monoisotopic (exact) mass is 479 g/mol. The summed E-state index contributed by atoms with van der Waals surface area (Å²) in [4.78, 5) is 35.1. The Morgan fingerprint density at radius 1 is 1.06 bits per heavy atom. The summed E-state index contributed by atoms with van der Waals surface area (Å²) in [6.45, 7) is 3.66. The molecule has 0 saturated carbocycles. The molecule has 0 amide bonds. The third-order valence-electron chi connectivity index (χ3n) is 5.31. The minimum Gasteiger partial charge on any atom is -0.457 e. The highest BCUT2D eigenvalue weighted by atomic mass is 35.5. The molecule has 34 heavy (non-hydrogen) atoms. The molecule has 0 saturated heterocycles. The van der Waals surface area contributed by atoms with Crippen molar-refractivity contribution in [1.82, 2.24) is 0 Å². The smallest absolute Gasteiger partial charge is 0.338 e. The second-order valence-electron chi connectivity index (χ2n) is 7.55. The number of carbonyl (C=O) groups is 1.